The first-order valence-electron chi connectivity index (χ1n) is 7.38. The lowest BCUT2D eigenvalue weighted by Crippen LogP contribution is -1.79. The first-order chi connectivity index (χ1) is 8.92. The van der Waals surface area contributed by atoms with Crippen molar-refractivity contribution in [2.24, 2.45) is 0 Å². The zero-order valence-corrected chi connectivity index (χ0v) is 11.5. The van der Waals surface area contributed by atoms with Crippen molar-refractivity contribution in [1.82, 2.24) is 0 Å². The van der Waals surface area contributed by atoms with Crippen LogP contribution < -0.4 is 0 Å². The molecule has 0 spiro atoms. The molecule has 0 unspecified atom stereocenters. The minimum atomic E-state index is 1.12. The van der Waals surface area contributed by atoms with Gasteiger partial charge in [0.05, 0.1) is 0 Å². The van der Waals surface area contributed by atoms with Gasteiger partial charge in [-0.1, -0.05) is 75.8 Å². The van der Waals surface area contributed by atoms with Crippen LogP contribution >= 0.6 is 0 Å². The molecule has 1 heterocycles. The summed E-state index contributed by atoms with van der Waals surface area (Å²) in [5.74, 6) is 2.34. The van der Waals surface area contributed by atoms with E-state index in [4.69, 9.17) is 4.74 Å². The van der Waals surface area contributed by atoms with Crippen LogP contribution in [0.3, 0.4) is 0 Å². The topological polar surface area (TPSA) is 12.5 Å². The van der Waals surface area contributed by atoms with Crippen LogP contribution in [-0.4, -0.2) is 0 Å². The summed E-state index contributed by atoms with van der Waals surface area (Å²) in [7, 11) is 0. The number of unbranched alkanes of at least 4 members (excludes halogenated alkanes) is 6. The van der Waals surface area contributed by atoms with Crippen LogP contribution in [0, 0.1) is 0 Å². The van der Waals surface area contributed by atoms with Gasteiger partial charge in [0.25, 0.3) is 0 Å². The van der Waals surface area contributed by atoms with Crippen molar-refractivity contribution in [2.75, 3.05) is 0 Å². The number of ether oxygens (including phenoxy) is 1. The summed E-state index contributed by atoms with van der Waals surface area (Å²) in [5, 5.41) is 0. The fraction of sp³-hybridized carbons (Fsp3) is 0.529. The Morgan fingerprint density at radius 2 is 1.50 bits per heavy atom. The Bertz CT molecular complexity index is 378. The summed E-state index contributed by atoms with van der Waals surface area (Å²) in [6.45, 7) is 2.27. The second kappa shape index (κ2) is 7.25. The fourth-order valence-corrected chi connectivity index (χ4v) is 2.31. The largest absolute Gasteiger partial charge is 0.454 e. The van der Waals surface area contributed by atoms with Gasteiger partial charge in [0.1, 0.15) is 5.76 Å². The predicted molar refractivity (Wildman–Crippen MR) is 77.1 cm³/mol. The molecule has 0 aliphatic carbocycles. The van der Waals surface area contributed by atoms with Crippen molar-refractivity contribution in [3.63, 3.8) is 0 Å². The molecule has 0 saturated carbocycles. The molecule has 0 bridgehead atoms. The van der Waals surface area contributed by atoms with Gasteiger partial charge >= 0.3 is 0 Å². The maximum absolute atomic E-state index is 5.58. The van der Waals surface area contributed by atoms with Gasteiger partial charge in [-0.05, 0) is 6.42 Å². The molecule has 1 aromatic rings. The number of hydrogen-bond acceptors (Lipinski definition) is 1. The summed E-state index contributed by atoms with van der Waals surface area (Å²) < 4.78 is 5.58. The third kappa shape index (κ3) is 4.21. The maximum Gasteiger partial charge on any atom is 0.172 e. The highest BCUT2D eigenvalue weighted by Gasteiger charge is 2.25. The number of allylic oxidation sites excluding steroid dienone is 1. The molecule has 0 saturated heterocycles. The van der Waals surface area contributed by atoms with Crippen LogP contribution in [-0.2, 0) is 4.74 Å². The van der Waals surface area contributed by atoms with Gasteiger partial charge in [-0.3, -0.25) is 0 Å². The molecule has 98 valence electrons. The molecule has 0 fully saturated rings. The number of rotatable bonds is 9. The Labute approximate surface area is 111 Å². The molecular weight excluding hydrogens is 220 g/mol. The standard InChI is InChI=1S/C17H24O/c1-2-3-4-5-6-7-11-14-16-17(18-16)15-12-9-8-10-13-15/h8-10,12-13H,2-7,11,14H2,1H3. The average Bonchev–Trinajstić information content (AvgIpc) is 3.18. The van der Waals surface area contributed by atoms with Crippen molar-refractivity contribution in [2.45, 2.75) is 58.3 Å². The zero-order valence-electron chi connectivity index (χ0n) is 11.5. The van der Waals surface area contributed by atoms with Crippen molar-refractivity contribution >= 4 is 5.76 Å². The Balaban J connectivity index is 1.58. The summed E-state index contributed by atoms with van der Waals surface area (Å²) in [6.07, 6.45) is 10.7. The van der Waals surface area contributed by atoms with E-state index in [9.17, 15) is 0 Å². The summed E-state index contributed by atoms with van der Waals surface area (Å²) in [6, 6.07) is 10.4. The molecule has 1 heteroatoms. The fourth-order valence-electron chi connectivity index (χ4n) is 2.31. The van der Waals surface area contributed by atoms with Crippen molar-refractivity contribution < 1.29 is 4.74 Å². The molecule has 0 atom stereocenters. The minimum Gasteiger partial charge on any atom is -0.454 e. The lowest BCUT2D eigenvalue weighted by Gasteiger charge is -1.98. The van der Waals surface area contributed by atoms with Crippen LogP contribution in [0.5, 0.6) is 0 Å². The number of hydrogen-bond donors (Lipinski definition) is 0. The van der Waals surface area contributed by atoms with E-state index in [2.05, 4.69) is 31.2 Å². The van der Waals surface area contributed by atoms with Crippen LogP contribution in [0.1, 0.15) is 63.9 Å². The van der Waals surface area contributed by atoms with Crippen LogP contribution in [0.2, 0.25) is 0 Å². The zero-order chi connectivity index (χ0) is 12.6. The van der Waals surface area contributed by atoms with E-state index >= 15 is 0 Å². The average molecular weight is 244 g/mol. The van der Waals surface area contributed by atoms with E-state index in [-0.39, 0.29) is 0 Å². The molecule has 1 nitrogen and oxygen atoms in total. The smallest absolute Gasteiger partial charge is 0.172 e. The highest BCUT2D eigenvalue weighted by atomic mass is 16.6. The first kappa shape index (κ1) is 13.2. The predicted octanol–water partition coefficient (Wildman–Crippen LogP) is 5.53. The van der Waals surface area contributed by atoms with Gasteiger partial charge < -0.3 is 4.74 Å². The lowest BCUT2D eigenvalue weighted by molar-refractivity contribution is 0.484. The van der Waals surface area contributed by atoms with Crippen LogP contribution in [0.25, 0.3) is 5.76 Å². The normalized spacial score (nSPS) is 13.6. The van der Waals surface area contributed by atoms with Crippen LogP contribution in [0.15, 0.2) is 36.1 Å². The molecule has 1 aliphatic heterocycles. The Morgan fingerprint density at radius 3 is 2.22 bits per heavy atom. The highest BCUT2D eigenvalue weighted by Crippen LogP contribution is 2.38. The Hall–Kier alpha value is -1.24. The molecule has 0 aromatic heterocycles. The van der Waals surface area contributed by atoms with E-state index in [1.807, 2.05) is 6.07 Å². The minimum absolute atomic E-state index is 1.12. The van der Waals surface area contributed by atoms with Crippen molar-refractivity contribution in [3.8, 4) is 0 Å². The van der Waals surface area contributed by atoms with Crippen molar-refractivity contribution in [3.05, 3.63) is 41.7 Å². The van der Waals surface area contributed by atoms with Gasteiger partial charge in [0.2, 0.25) is 0 Å². The second-order valence-electron chi connectivity index (χ2n) is 5.09. The summed E-state index contributed by atoms with van der Waals surface area (Å²) in [5.41, 5.74) is 1.23. The van der Waals surface area contributed by atoms with Gasteiger partial charge in [-0.2, -0.15) is 0 Å². The Morgan fingerprint density at radius 1 is 0.833 bits per heavy atom. The summed E-state index contributed by atoms with van der Waals surface area (Å²) in [4.78, 5) is 0. The molecule has 0 radical (unpaired) electrons. The number of benzene rings is 1. The van der Waals surface area contributed by atoms with Crippen LogP contribution in [0.4, 0.5) is 0 Å². The van der Waals surface area contributed by atoms with Gasteiger partial charge in [0.15, 0.2) is 5.76 Å². The van der Waals surface area contributed by atoms with E-state index in [0.717, 1.165) is 12.2 Å². The van der Waals surface area contributed by atoms with Gasteiger partial charge in [-0.15, -0.1) is 0 Å². The third-order valence-corrected chi connectivity index (χ3v) is 3.48. The molecular formula is C17H24O. The van der Waals surface area contributed by atoms with Gasteiger partial charge in [-0.25, -0.2) is 0 Å². The SMILES string of the molecule is CCCCCCCCCC1=C(c2ccccc2)O1. The molecule has 0 N–H and O–H groups in total. The van der Waals surface area contributed by atoms with E-state index in [1.165, 1.54) is 56.3 Å². The van der Waals surface area contributed by atoms with E-state index in [1.54, 1.807) is 0 Å². The van der Waals surface area contributed by atoms with E-state index < -0.39 is 0 Å². The second-order valence-corrected chi connectivity index (χ2v) is 5.09. The monoisotopic (exact) mass is 244 g/mol. The molecule has 1 aromatic carbocycles. The van der Waals surface area contributed by atoms with E-state index in [0.29, 0.717) is 0 Å². The summed E-state index contributed by atoms with van der Waals surface area (Å²) >= 11 is 0. The third-order valence-electron chi connectivity index (χ3n) is 3.48. The molecule has 2 rings (SSSR count). The maximum atomic E-state index is 5.58. The lowest BCUT2D eigenvalue weighted by atomic mass is 10.1. The highest BCUT2D eigenvalue weighted by molar-refractivity contribution is 5.71. The van der Waals surface area contributed by atoms with Gasteiger partial charge in [0, 0.05) is 12.0 Å². The Kier molecular flexibility index (Phi) is 5.32. The molecule has 18 heavy (non-hydrogen) atoms. The molecule has 1 aliphatic rings. The first-order valence-corrected chi connectivity index (χ1v) is 7.38. The quantitative estimate of drug-likeness (QED) is 0.520. The molecule has 0 amide bonds. The van der Waals surface area contributed by atoms with Crippen molar-refractivity contribution in [1.29, 1.82) is 0 Å².